The molecule has 2 amide bonds. The summed E-state index contributed by atoms with van der Waals surface area (Å²) in [4.78, 5) is 25.9. The lowest BCUT2D eigenvalue weighted by Crippen LogP contribution is -2.44. The Kier molecular flexibility index (Phi) is 4.12. The summed E-state index contributed by atoms with van der Waals surface area (Å²) in [6.45, 7) is 6.94. The summed E-state index contributed by atoms with van der Waals surface area (Å²) in [5.41, 5.74) is 0.838. The molecular formula is C16H22N2O2. The lowest BCUT2D eigenvalue weighted by molar-refractivity contribution is -0.129. The van der Waals surface area contributed by atoms with E-state index in [1.807, 2.05) is 51.1 Å². The molecule has 1 aromatic carbocycles. The highest BCUT2D eigenvalue weighted by atomic mass is 16.2. The third-order valence-corrected chi connectivity index (χ3v) is 3.30. The van der Waals surface area contributed by atoms with Crippen molar-refractivity contribution in [1.82, 2.24) is 10.2 Å². The topological polar surface area (TPSA) is 49.4 Å². The smallest absolute Gasteiger partial charge is 0.225 e. The number of amides is 2. The number of hydrogen-bond donors (Lipinski definition) is 1. The predicted molar refractivity (Wildman–Crippen MR) is 77.9 cm³/mol. The molecule has 20 heavy (non-hydrogen) atoms. The molecule has 0 aromatic heterocycles. The molecule has 0 spiro atoms. The Bertz CT molecular complexity index is 491. The Balaban J connectivity index is 1.95. The summed E-state index contributed by atoms with van der Waals surface area (Å²) in [5.74, 6) is -0.199. The van der Waals surface area contributed by atoms with Crippen LogP contribution in [0.4, 0.5) is 0 Å². The van der Waals surface area contributed by atoms with Crippen molar-refractivity contribution in [2.45, 2.75) is 39.3 Å². The first-order chi connectivity index (χ1) is 9.35. The van der Waals surface area contributed by atoms with Crippen LogP contribution in [-0.4, -0.2) is 28.8 Å². The van der Waals surface area contributed by atoms with Gasteiger partial charge in [0.15, 0.2) is 0 Å². The van der Waals surface area contributed by atoms with Crippen molar-refractivity contribution >= 4 is 11.8 Å². The van der Waals surface area contributed by atoms with Crippen LogP contribution in [0.5, 0.6) is 0 Å². The number of benzene rings is 1. The number of carbonyl (C=O) groups is 2. The molecule has 1 aromatic rings. The fraction of sp³-hybridized carbons (Fsp3) is 0.500. The maximum absolute atomic E-state index is 12.1. The molecule has 1 fully saturated rings. The molecule has 108 valence electrons. The van der Waals surface area contributed by atoms with Gasteiger partial charge < -0.3 is 10.2 Å². The average molecular weight is 274 g/mol. The quantitative estimate of drug-likeness (QED) is 0.916. The molecule has 1 N–H and O–H groups in total. The van der Waals surface area contributed by atoms with Crippen LogP contribution in [0, 0.1) is 5.92 Å². The van der Waals surface area contributed by atoms with Crippen LogP contribution < -0.4 is 5.32 Å². The minimum Gasteiger partial charge on any atom is -0.351 e. The standard InChI is InChI=1S/C16H22N2O2/c1-16(2,3)17-15(20)13-9-14(19)18(11-13)10-12-7-5-4-6-8-12/h4-8,13H,9-11H2,1-3H3,(H,17,20). The largest absolute Gasteiger partial charge is 0.351 e. The Morgan fingerprint density at radius 2 is 1.95 bits per heavy atom. The first-order valence-electron chi connectivity index (χ1n) is 6.99. The van der Waals surface area contributed by atoms with Gasteiger partial charge in [0.25, 0.3) is 0 Å². The van der Waals surface area contributed by atoms with Crippen LogP contribution >= 0.6 is 0 Å². The zero-order valence-electron chi connectivity index (χ0n) is 12.3. The molecular weight excluding hydrogens is 252 g/mol. The highest BCUT2D eigenvalue weighted by Crippen LogP contribution is 2.21. The molecule has 4 heteroatoms. The normalized spacial score (nSPS) is 19.2. The Morgan fingerprint density at radius 3 is 2.55 bits per heavy atom. The lowest BCUT2D eigenvalue weighted by atomic mass is 10.0. The molecule has 1 aliphatic rings. The van der Waals surface area contributed by atoms with Crippen LogP contribution in [0.15, 0.2) is 30.3 Å². The maximum atomic E-state index is 12.1. The molecule has 1 aliphatic heterocycles. The van der Waals surface area contributed by atoms with Gasteiger partial charge in [-0.3, -0.25) is 9.59 Å². The van der Waals surface area contributed by atoms with E-state index in [1.54, 1.807) is 4.90 Å². The van der Waals surface area contributed by atoms with Crippen molar-refractivity contribution in [2.24, 2.45) is 5.92 Å². The van der Waals surface area contributed by atoms with Crippen LogP contribution in [0.25, 0.3) is 0 Å². The van der Waals surface area contributed by atoms with Gasteiger partial charge in [-0.05, 0) is 26.3 Å². The van der Waals surface area contributed by atoms with E-state index in [-0.39, 0.29) is 23.3 Å². The Hall–Kier alpha value is -1.84. The van der Waals surface area contributed by atoms with Gasteiger partial charge in [-0.1, -0.05) is 30.3 Å². The summed E-state index contributed by atoms with van der Waals surface area (Å²) >= 11 is 0. The molecule has 0 bridgehead atoms. The highest BCUT2D eigenvalue weighted by molar-refractivity contribution is 5.89. The van der Waals surface area contributed by atoms with E-state index in [9.17, 15) is 9.59 Å². The number of rotatable bonds is 3. The SMILES string of the molecule is CC(C)(C)NC(=O)C1CC(=O)N(Cc2ccccc2)C1. The second-order valence-electron chi connectivity index (χ2n) is 6.40. The van der Waals surface area contributed by atoms with Gasteiger partial charge in [-0.15, -0.1) is 0 Å². The third kappa shape index (κ3) is 3.83. The van der Waals surface area contributed by atoms with E-state index < -0.39 is 0 Å². The zero-order valence-corrected chi connectivity index (χ0v) is 12.3. The molecule has 1 atom stereocenters. The van der Waals surface area contributed by atoms with Crippen molar-refractivity contribution in [1.29, 1.82) is 0 Å². The molecule has 0 aliphatic carbocycles. The summed E-state index contributed by atoms with van der Waals surface area (Å²) < 4.78 is 0. The van der Waals surface area contributed by atoms with Crippen molar-refractivity contribution in [3.8, 4) is 0 Å². The van der Waals surface area contributed by atoms with Gasteiger partial charge >= 0.3 is 0 Å². The Labute approximate surface area is 120 Å². The maximum Gasteiger partial charge on any atom is 0.225 e. The minimum atomic E-state index is -0.257. The average Bonchev–Trinajstić information content (AvgIpc) is 2.70. The minimum absolute atomic E-state index is 0.0265. The van der Waals surface area contributed by atoms with Gasteiger partial charge in [0.2, 0.25) is 11.8 Å². The van der Waals surface area contributed by atoms with E-state index >= 15 is 0 Å². The summed E-state index contributed by atoms with van der Waals surface area (Å²) in [7, 11) is 0. The number of hydrogen-bond acceptors (Lipinski definition) is 2. The molecule has 1 heterocycles. The highest BCUT2D eigenvalue weighted by Gasteiger charge is 2.35. The molecule has 4 nitrogen and oxygen atoms in total. The van der Waals surface area contributed by atoms with Crippen molar-refractivity contribution < 1.29 is 9.59 Å². The monoisotopic (exact) mass is 274 g/mol. The number of carbonyl (C=O) groups excluding carboxylic acids is 2. The zero-order chi connectivity index (χ0) is 14.8. The van der Waals surface area contributed by atoms with Gasteiger partial charge in [-0.2, -0.15) is 0 Å². The fourth-order valence-electron chi connectivity index (χ4n) is 2.38. The summed E-state index contributed by atoms with van der Waals surface area (Å²) in [5, 5.41) is 2.95. The van der Waals surface area contributed by atoms with Crippen LogP contribution in [-0.2, 0) is 16.1 Å². The van der Waals surface area contributed by atoms with Crippen LogP contribution in [0.2, 0.25) is 0 Å². The molecule has 0 radical (unpaired) electrons. The molecule has 0 saturated carbocycles. The predicted octanol–water partition coefficient (Wildman–Crippen LogP) is 1.95. The first kappa shape index (κ1) is 14.6. The Morgan fingerprint density at radius 1 is 1.30 bits per heavy atom. The third-order valence-electron chi connectivity index (χ3n) is 3.30. The van der Waals surface area contributed by atoms with Crippen molar-refractivity contribution in [2.75, 3.05) is 6.54 Å². The second kappa shape index (κ2) is 5.65. The van der Waals surface area contributed by atoms with E-state index in [2.05, 4.69) is 5.32 Å². The van der Waals surface area contributed by atoms with E-state index in [1.165, 1.54) is 0 Å². The fourth-order valence-corrected chi connectivity index (χ4v) is 2.38. The van der Waals surface area contributed by atoms with E-state index in [4.69, 9.17) is 0 Å². The van der Waals surface area contributed by atoms with Gasteiger partial charge in [0.05, 0.1) is 5.92 Å². The number of nitrogens with one attached hydrogen (secondary N) is 1. The number of nitrogens with zero attached hydrogens (tertiary/aromatic N) is 1. The first-order valence-corrected chi connectivity index (χ1v) is 6.99. The summed E-state index contributed by atoms with van der Waals surface area (Å²) in [6.07, 6.45) is 0.314. The molecule has 1 saturated heterocycles. The molecule has 1 unspecified atom stereocenters. The van der Waals surface area contributed by atoms with E-state index in [0.717, 1.165) is 5.56 Å². The lowest BCUT2D eigenvalue weighted by Gasteiger charge is -2.23. The van der Waals surface area contributed by atoms with Crippen LogP contribution in [0.3, 0.4) is 0 Å². The van der Waals surface area contributed by atoms with Gasteiger partial charge in [0.1, 0.15) is 0 Å². The van der Waals surface area contributed by atoms with Gasteiger partial charge in [0, 0.05) is 25.0 Å². The van der Waals surface area contributed by atoms with Gasteiger partial charge in [-0.25, -0.2) is 0 Å². The van der Waals surface area contributed by atoms with Crippen molar-refractivity contribution in [3.63, 3.8) is 0 Å². The van der Waals surface area contributed by atoms with Crippen molar-refractivity contribution in [3.05, 3.63) is 35.9 Å². The molecule has 2 rings (SSSR count). The van der Waals surface area contributed by atoms with E-state index in [0.29, 0.717) is 19.5 Å². The summed E-state index contributed by atoms with van der Waals surface area (Å²) in [6, 6.07) is 9.86. The second-order valence-corrected chi connectivity index (χ2v) is 6.40. The van der Waals surface area contributed by atoms with Crippen LogP contribution in [0.1, 0.15) is 32.8 Å². The number of likely N-dealkylation sites (tertiary alicyclic amines) is 1.